The van der Waals surface area contributed by atoms with Gasteiger partial charge in [0.25, 0.3) is 0 Å². The molecule has 0 spiro atoms. The number of nitrogens with two attached hydrogens (primary N) is 1. The zero-order chi connectivity index (χ0) is 13.4. The highest BCUT2D eigenvalue weighted by Gasteiger charge is 2.08. The van der Waals surface area contributed by atoms with Crippen LogP contribution in [0.4, 0.5) is 5.69 Å². The van der Waals surface area contributed by atoms with Crippen LogP contribution in [0.5, 0.6) is 0 Å². The van der Waals surface area contributed by atoms with E-state index in [2.05, 4.69) is 20.8 Å². The van der Waals surface area contributed by atoms with Crippen molar-refractivity contribution in [2.45, 2.75) is 6.54 Å². The Kier molecular flexibility index (Phi) is 7.27. The van der Waals surface area contributed by atoms with Gasteiger partial charge >= 0.3 is 0 Å². The van der Waals surface area contributed by atoms with Gasteiger partial charge in [-0.05, 0) is 17.7 Å². The molecule has 0 radical (unpaired) electrons. The van der Waals surface area contributed by atoms with Crippen molar-refractivity contribution in [2.75, 3.05) is 46.3 Å². The van der Waals surface area contributed by atoms with Gasteiger partial charge in [-0.1, -0.05) is 22.0 Å². The minimum atomic E-state index is 0.708. The van der Waals surface area contributed by atoms with Gasteiger partial charge in [0, 0.05) is 44.0 Å². The number of benzene rings is 1. The Morgan fingerprint density at radius 3 is 2.28 bits per heavy atom. The zero-order valence-corrected chi connectivity index (χ0v) is 12.6. The smallest absolute Gasteiger partial charge is 0.0589 e. The summed E-state index contributed by atoms with van der Waals surface area (Å²) in [6.45, 7) is 3.97. The minimum Gasteiger partial charge on any atom is -0.398 e. The fourth-order valence-corrected chi connectivity index (χ4v) is 2.04. The number of anilines is 1. The third-order valence-electron chi connectivity index (χ3n) is 2.73. The van der Waals surface area contributed by atoms with Crippen molar-refractivity contribution in [3.05, 3.63) is 28.2 Å². The van der Waals surface area contributed by atoms with Gasteiger partial charge in [-0.2, -0.15) is 0 Å². The van der Waals surface area contributed by atoms with Crippen molar-refractivity contribution in [3.8, 4) is 0 Å². The second kappa shape index (κ2) is 8.48. The monoisotopic (exact) mass is 316 g/mol. The first kappa shape index (κ1) is 15.4. The Morgan fingerprint density at radius 1 is 1.17 bits per heavy atom. The number of nitrogen functional groups attached to an aromatic ring is 1. The lowest BCUT2D eigenvalue weighted by Crippen LogP contribution is -2.30. The summed E-state index contributed by atoms with van der Waals surface area (Å²) in [5.74, 6) is 0. The van der Waals surface area contributed by atoms with Crippen molar-refractivity contribution in [1.29, 1.82) is 0 Å². The van der Waals surface area contributed by atoms with Crippen molar-refractivity contribution < 1.29 is 9.47 Å². The zero-order valence-electron chi connectivity index (χ0n) is 11.0. The van der Waals surface area contributed by atoms with Gasteiger partial charge < -0.3 is 15.2 Å². The molecule has 0 heterocycles. The van der Waals surface area contributed by atoms with Gasteiger partial charge in [0.15, 0.2) is 0 Å². The first-order valence-electron chi connectivity index (χ1n) is 5.91. The molecule has 0 aliphatic heterocycles. The highest BCUT2D eigenvalue weighted by atomic mass is 79.9. The van der Waals surface area contributed by atoms with Gasteiger partial charge in [0.1, 0.15) is 0 Å². The number of methoxy groups -OCH3 is 2. The third kappa shape index (κ3) is 5.35. The van der Waals surface area contributed by atoms with Crippen molar-refractivity contribution in [2.24, 2.45) is 0 Å². The first-order chi connectivity index (χ1) is 8.67. The molecule has 0 amide bonds. The lowest BCUT2D eigenvalue weighted by Gasteiger charge is -2.22. The van der Waals surface area contributed by atoms with Crippen LogP contribution in [-0.4, -0.2) is 45.4 Å². The summed E-state index contributed by atoms with van der Waals surface area (Å²) in [5.41, 5.74) is 7.95. The normalized spacial score (nSPS) is 11.1. The van der Waals surface area contributed by atoms with Crippen LogP contribution in [0, 0.1) is 0 Å². The number of hydrogen-bond donors (Lipinski definition) is 1. The molecule has 0 fully saturated rings. The summed E-state index contributed by atoms with van der Waals surface area (Å²) in [6.07, 6.45) is 0. The van der Waals surface area contributed by atoms with E-state index in [9.17, 15) is 0 Å². The Labute approximate surface area is 117 Å². The molecule has 4 nitrogen and oxygen atoms in total. The molecular formula is C13H21BrN2O2. The van der Waals surface area contributed by atoms with Gasteiger partial charge in [-0.3, -0.25) is 4.90 Å². The van der Waals surface area contributed by atoms with Crippen LogP contribution in [0.3, 0.4) is 0 Å². The predicted molar refractivity (Wildman–Crippen MR) is 77.6 cm³/mol. The number of rotatable bonds is 8. The first-order valence-corrected chi connectivity index (χ1v) is 6.70. The molecule has 0 bridgehead atoms. The molecular weight excluding hydrogens is 296 g/mol. The molecule has 0 aromatic heterocycles. The second-order valence-corrected chi connectivity index (χ2v) is 5.02. The van der Waals surface area contributed by atoms with E-state index in [4.69, 9.17) is 15.2 Å². The maximum Gasteiger partial charge on any atom is 0.0589 e. The topological polar surface area (TPSA) is 47.7 Å². The fourth-order valence-electron chi connectivity index (χ4n) is 1.66. The molecule has 102 valence electrons. The van der Waals surface area contributed by atoms with Crippen LogP contribution < -0.4 is 5.73 Å². The average Bonchev–Trinajstić information content (AvgIpc) is 2.35. The Bertz CT molecular complexity index is 353. The van der Waals surface area contributed by atoms with E-state index >= 15 is 0 Å². The molecule has 18 heavy (non-hydrogen) atoms. The van der Waals surface area contributed by atoms with Crippen LogP contribution in [0.15, 0.2) is 22.7 Å². The number of halogens is 1. The molecule has 0 atom stereocenters. The Balaban J connectivity index is 2.62. The Morgan fingerprint density at radius 2 is 1.78 bits per heavy atom. The quantitative estimate of drug-likeness (QED) is 0.746. The summed E-state index contributed by atoms with van der Waals surface area (Å²) in [4.78, 5) is 2.27. The van der Waals surface area contributed by atoms with E-state index in [-0.39, 0.29) is 0 Å². The lowest BCUT2D eigenvalue weighted by molar-refractivity contribution is 0.110. The summed E-state index contributed by atoms with van der Waals surface area (Å²) in [5, 5.41) is 0. The fraction of sp³-hybridized carbons (Fsp3) is 0.538. The van der Waals surface area contributed by atoms with Crippen LogP contribution >= 0.6 is 15.9 Å². The third-order valence-corrected chi connectivity index (χ3v) is 3.22. The Hall–Kier alpha value is -0.620. The lowest BCUT2D eigenvalue weighted by atomic mass is 10.1. The maximum atomic E-state index is 6.01. The predicted octanol–water partition coefficient (Wildman–Crippen LogP) is 2.13. The standard InChI is InChI=1S/C13H21BrN2O2/c1-17-7-5-16(6-8-18-2)10-11-3-4-12(14)9-13(11)15/h3-4,9H,5-8,10,15H2,1-2H3. The highest BCUT2D eigenvalue weighted by Crippen LogP contribution is 2.19. The summed E-state index contributed by atoms with van der Waals surface area (Å²) >= 11 is 3.41. The SMILES string of the molecule is COCCN(CCOC)Cc1ccc(Br)cc1N. The highest BCUT2D eigenvalue weighted by molar-refractivity contribution is 9.10. The molecule has 0 saturated heterocycles. The second-order valence-electron chi connectivity index (χ2n) is 4.10. The van der Waals surface area contributed by atoms with E-state index in [1.165, 1.54) is 0 Å². The number of nitrogens with zero attached hydrogens (tertiary/aromatic N) is 1. The van der Waals surface area contributed by atoms with E-state index in [1.807, 2.05) is 18.2 Å². The molecule has 0 saturated carbocycles. The van der Waals surface area contributed by atoms with Crippen molar-refractivity contribution in [3.63, 3.8) is 0 Å². The summed E-state index contributed by atoms with van der Waals surface area (Å²) in [6, 6.07) is 5.99. The van der Waals surface area contributed by atoms with Gasteiger partial charge in [0.2, 0.25) is 0 Å². The molecule has 5 heteroatoms. The van der Waals surface area contributed by atoms with Crippen molar-refractivity contribution >= 4 is 21.6 Å². The molecule has 0 unspecified atom stereocenters. The van der Waals surface area contributed by atoms with Crippen LogP contribution in [0.2, 0.25) is 0 Å². The molecule has 0 aliphatic carbocycles. The largest absolute Gasteiger partial charge is 0.398 e. The van der Waals surface area contributed by atoms with Crippen LogP contribution in [0.1, 0.15) is 5.56 Å². The average molecular weight is 317 g/mol. The molecule has 2 N–H and O–H groups in total. The number of ether oxygens (including phenoxy) is 2. The summed E-state index contributed by atoms with van der Waals surface area (Å²) in [7, 11) is 3.42. The molecule has 1 rings (SSSR count). The van der Waals surface area contributed by atoms with E-state index < -0.39 is 0 Å². The van der Waals surface area contributed by atoms with Gasteiger partial charge in [0.05, 0.1) is 13.2 Å². The number of hydrogen-bond acceptors (Lipinski definition) is 4. The van der Waals surface area contributed by atoms with Crippen LogP contribution in [-0.2, 0) is 16.0 Å². The molecule has 1 aromatic rings. The van der Waals surface area contributed by atoms with E-state index in [0.29, 0.717) is 13.2 Å². The maximum absolute atomic E-state index is 6.01. The summed E-state index contributed by atoms with van der Waals surface area (Å²) < 4.78 is 11.2. The van der Waals surface area contributed by atoms with Crippen LogP contribution in [0.25, 0.3) is 0 Å². The molecule has 0 aliphatic rings. The van der Waals surface area contributed by atoms with Gasteiger partial charge in [-0.15, -0.1) is 0 Å². The minimum absolute atomic E-state index is 0.708. The van der Waals surface area contributed by atoms with Crippen molar-refractivity contribution in [1.82, 2.24) is 4.90 Å². The van der Waals surface area contributed by atoms with Gasteiger partial charge in [-0.25, -0.2) is 0 Å². The molecule has 1 aromatic carbocycles. The van der Waals surface area contributed by atoms with E-state index in [1.54, 1.807) is 14.2 Å². The van der Waals surface area contributed by atoms with E-state index in [0.717, 1.165) is 35.4 Å².